The molecule has 8 nitrogen and oxygen atoms in total. The largest absolute Gasteiger partial charge is 0.508 e. The number of benzene rings is 2. The van der Waals surface area contributed by atoms with Gasteiger partial charge in [-0.05, 0) is 18.6 Å². The predicted octanol–water partition coefficient (Wildman–Crippen LogP) is 2.28. The van der Waals surface area contributed by atoms with Crippen LogP contribution in [-0.2, 0) is 9.62 Å². The molecule has 0 radical (unpaired) electrons. The van der Waals surface area contributed by atoms with Gasteiger partial charge in [0.15, 0.2) is 0 Å². The van der Waals surface area contributed by atoms with E-state index in [1.165, 1.54) is 19.2 Å². The molecular formula is C18H20O8. The standard InChI is InChI=1S/C18H20O8/c1-7-3-8(19)4-10(21)13(7)15-17(25-2)16(18(15)26-24)14-11(22)5-9(20)6-12(14)23/h3-6,15-24H,1-2H3. The summed E-state index contributed by atoms with van der Waals surface area (Å²) < 4.78 is 5.48. The molecule has 1 aliphatic rings. The summed E-state index contributed by atoms with van der Waals surface area (Å²) in [5, 5.41) is 59.1. The number of ether oxygens (including phenoxy) is 1. The van der Waals surface area contributed by atoms with E-state index in [2.05, 4.69) is 4.89 Å². The average Bonchev–Trinajstić information content (AvgIpc) is 2.51. The highest BCUT2D eigenvalue weighted by molar-refractivity contribution is 5.56. The SMILES string of the molecule is COC1C(c2c(C)cc(O)cc2O)C(OO)C1c1c(O)cc(O)cc1O. The molecule has 2 aromatic carbocycles. The van der Waals surface area contributed by atoms with Crippen molar-refractivity contribution in [2.75, 3.05) is 7.11 Å². The minimum atomic E-state index is -0.949. The first-order valence-electron chi connectivity index (χ1n) is 7.90. The minimum absolute atomic E-state index is 0.0564. The molecule has 140 valence electrons. The van der Waals surface area contributed by atoms with Gasteiger partial charge in [0, 0.05) is 48.3 Å². The predicted molar refractivity (Wildman–Crippen MR) is 89.7 cm³/mol. The van der Waals surface area contributed by atoms with E-state index in [4.69, 9.17) is 4.74 Å². The van der Waals surface area contributed by atoms with Crippen molar-refractivity contribution >= 4 is 0 Å². The summed E-state index contributed by atoms with van der Waals surface area (Å²) in [5.41, 5.74) is 1.04. The summed E-state index contributed by atoms with van der Waals surface area (Å²) in [5.74, 6) is -2.74. The van der Waals surface area contributed by atoms with Gasteiger partial charge in [-0.2, -0.15) is 0 Å². The fourth-order valence-corrected chi connectivity index (χ4v) is 3.90. The first-order chi connectivity index (χ1) is 12.3. The Hall–Kier alpha value is -2.68. The number of phenolic OH excluding ortho intramolecular Hbond substituents is 5. The molecule has 1 aliphatic carbocycles. The maximum Gasteiger partial charge on any atom is 0.126 e. The van der Waals surface area contributed by atoms with Gasteiger partial charge in [0.2, 0.25) is 0 Å². The molecule has 0 aliphatic heterocycles. The second-order valence-corrected chi connectivity index (χ2v) is 6.42. The van der Waals surface area contributed by atoms with Gasteiger partial charge in [0.1, 0.15) is 34.9 Å². The van der Waals surface area contributed by atoms with Gasteiger partial charge >= 0.3 is 0 Å². The van der Waals surface area contributed by atoms with Crippen molar-refractivity contribution < 1.29 is 40.4 Å². The third-order valence-electron chi connectivity index (χ3n) is 4.95. The fourth-order valence-electron chi connectivity index (χ4n) is 3.90. The summed E-state index contributed by atoms with van der Waals surface area (Å²) in [6.45, 7) is 1.68. The van der Waals surface area contributed by atoms with E-state index in [9.17, 15) is 30.8 Å². The molecule has 4 unspecified atom stereocenters. The third-order valence-corrected chi connectivity index (χ3v) is 4.95. The van der Waals surface area contributed by atoms with Gasteiger partial charge in [0.05, 0.1) is 6.10 Å². The highest BCUT2D eigenvalue weighted by Gasteiger charge is 2.56. The van der Waals surface area contributed by atoms with Crippen molar-refractivity contribution in [3.63, 3.8) is 0 Å². The van der Waals surface area contributed by atoms with Gasteiger partial charge in [-0.25, -0.2) is 4.89 Å². The van der Waals surface area contributed by atoms with Crippen molar-refractivity contribution in [2.45, 2.75) is 31.0 Å². The Morgan fingerprint density at radius 3 is 1.65 bits per heavy atom. The van der Waals surface area contributed by atoms with Crippen molar-refractivity contribution in [1.82, 2.24) is 0 Å². The van der Waals surface area contributed by atoms with Gasteiger partial charge in [0.25, 0.3) is 0 Å². The molecule has 8 heteroatoms. The molecule has 0 amide bonds. The summed E-state index contributed by atoms with van der Waals surface area (Å²) in [6.07, 6.45) is -1.61. The third kappa shape index (κ3) is 2.68. The Labute approximate surface area is 149 Å². The zero-order valence-corrected chi connectivity index (χ0v) is 14.1. The molecule has 4 atom stereocenters. The van der Waals surface area contributed by atoms with Crippen molar-refractivity contribution in [3.05, 3.63) is 41.0 Å². The molecule has 0 spiro atoms. The van der Waals surface area contributed by atoms with E-state index < -0.39 is 24.0 Å². The van der Waals surface area contributed by atoms with Gasteiger partial charge in [-0.1, -0.05) is 0 Å². The van der Waals surface area contributed by atoms with E-state index >= 15 is 0 Å². The molecular weight excluding hydrogens is 344 g/mol. The first-order valence-corrected chi connectivity index (χ1v) is 7.90. The van der Waals surface area contributed by atoms with Gasteiger partial charge < -0.3 is 30.3 Å². The summed E-state index contributed by atoms with van der Waals surface area (Å²) in [6, 6.07) is 4.75. The maximum atomic E-state index is 10.3. The number of aromatic hydroxyl groups is 5. The van der Waals surface area contributed by atoms with Crippen LogP contribution >= 0.6 is 0 Å². The number of hydrogen-bond donors (Lipinski definition) is 6. The average molecular weight is 364 g/mol. The Balaban J connectivity index is 2.08. The molecule has 0 aromatic heterocycles. The highest BCUT2D eigenvalue weighted by Crippen LogP contribution is 2.57. The molecule has 1 saturated carbocycles. The Bertz CT molecular complexity index is 710. The van der Waals surface area contributed by atoms with Crippen LogP contribution in [0.25, 0.3) is 0 Å². The van der Waals surface area contributed by atoms with Crippen LogP contribution < -0.4 is 0 Å². The molecule has 3 rings (SSSR count). The monoisotopic (exact) mass is 364 g/mol. The number of phenols is 5. The van der Waals surface area contributed by atoms with E-state index in [1.54, 1.807) is 6.92 Å². The van der Waals surface area contributed by atoms with E-state index in [0.717, 1.165) is 12.1 Å². The lowest BCUT2D eigenvalue weighted by atomic mass is 9.62. The van der Waals surface area contributed by atoms with Crippen molar-refractivity contribution in [2.24, 2.45) is 0 Å². The van der Waals surface area contributed by atoms with Crippen LogP contribution in [-0.4, -0.2) is 50.1 Å². The van der Waals surface area contributed by atoms with Crippen LogP contribution in [0, 0.1) is 6.92 Å². The zero-order chi connectivity index (χ0) is 19.2. The number of rotatable bonds is 4. The van der Waals surface area contributed by atoms with Crippen LogP contribution in [0.15, 0.2) is 24.3 Å². The number of methoxy groups -OCH3 is 1. The lowest BCUT2D eigenvalue weighted by Crippen LogP contribution is -2.54. The van der Waals surface area contributed by atoms with Gasteiger partial charge in [-0.15, -0.1) is 0 Å². The van der Waals surface area contributed by atoms with Crippen molar-refractivity contribution in [3.8, 4) is 28.7 Å². The Morgan fingerprint density at radius 1 is 0.731 bits per heavy atom. The second kappa shape index (κ2) is 6.56. The van der Waals surface area contributed by atoms with Crippen LogP contribution in [0.4, 0.5) is 0 Å². The summed E-state index contributed by atoms with van der Waals surface area (Å²) in [7, 11) is 1.42. The van der Waals surface area contributed by atoms with E-state index in [-0.39, 0.29) is 34.3 Å². The van der Waals surface area contributed by atoms with E-state index in [1.807, 2.05) is 0 Å². The second-order valence-electron chi connectivity index (χ2n) is 6.42. The molecule has 1 fully saturated rings. The van der Waals surface area contributed by atoms with Gasteiger partial charge in [-0.3, -0.25) is 5.26 Å². The number of aryl methyl sites for hydroxylation is 1. The van der Waals surface area contributed by atoms with E-state index in [0.29, 0.717) is 11.1 Å². The first kappa shape index (κ1) is 18.1. The summed E-state index contributed by atoms with van der Waals surface area (Å²) in [4.78, 5) is 4.59. The minimum Gasteiger partial charge on any atom is -0.508 e. The fraction of sp³-hybridized carbons (Fsp3) is 0.333. The molecule has 2 aromatic rings. The lowest BCUT2D eigenvalue weighted by Gasteiger charge is -2.50. The maximum absolute atomic E-state index is 10.3. The number of hydrogen-bond acceptors (Lipinski definition) is 8. The van der Waals surface area contributed by atoms with Crippen LogP contribution in [0.3, 0.4) is 0 Å². The molecule has 0 bridgehead atoms. The lowest BCUT2D eigenvalue weighted by molar-refractivity contribution is -0.323. The topological polar surface area (TPSA) is 140 Å². The van der Waals surface area contributed by atoms with Crippen LogP contribution in [0.1, 0.15) is 28.5 Å². The molecule has 6 N–H and O–H groups in total. The smallest absolute Gasteiger partial charge is 0.126 e. The molecule has 26 heavy (non-hydrogen) atoms. The molecule has 0 saturated heterocycles. The molecule has 0 heterocycles. The quantitative estimate of drug-likeness (QED) is 0.359. The zero-order valence-electron chi connectivity index (χ0n) is 14.1. The normalized spacial score (nSPS) is 25.0. The Kier molecular flexibility index (Phi) is 4.57. The van der Waals surface area contributed by atoms with Crippen molar-refractivity contribution in [1.29, 1.82) is 0 Å². The highest BCUT2D eigenvalue weighted by atomic mass is 17.1. The summed E-state index contributed by atoms with van der Waals surface area (Å²) >= 11 is 0. The van der Waals surface area contributed by atoms with Crippen LogP contribution in [0.5, 0.6) is 28.7 Å². The van der Waals surface area contributed by atoms with Crippen LogP contribution in [0.2, 0.25) is 0 Å². The Morgan fingerprint density at radius 2 is 1.19 bits per heavy atom.